The minimum absolute atomic E-state index is 0.800. The van der Waals surface area contributed by atoms with Gasteiger partial charge in [0.1, 0.15) is 12.6 Å². The molecule has 0 aromatic heterocycles. The van der Waals surface area contributed by atoms with Crippen LogP contribution in [-0.4, -0.2) is 12.6 Å². The van der Waals surface area contributed by atoms with Gasteiger partial charge in [-0.2, -0.15) is 0 Å². The molecule has 0 saturated heterocycles. The van der Waals surface area contributed by atoms with Crippen molar-refractivity contribution in [1.82, 2.24) is 0 Å². The van der Waals surface area contributed by atoms with E-state index < -0.39 is 0 Å². The third-order valence-corrected chi connectivity index (χ3v) is 2.67. The Bertz CT molecular complexity index is 471. The Labute approximate surface area is 108 Å². The Balaban J connectivity index is 0.000000184. The van der Waals surface area contributed by atoms with Crippen molar-refractivity contribution in [1.29, 1.82) is 0 Å². The first-order chi connectivity index (χ1) is 8.65. The highest BCUT2D eigenvalue weighted by Gasteiger charge is 2.00. The number of carbonyl (C=O) groups excluding carboxylic acids is 2. The van der Waals surface area contributed by atoms with Crippen LogP contribution in [-0.2, 0) is 9.59 Å². The fraction of sp³-hybridized carbons (Fsp3) is 0.250. The summed E-state index contributed by atoms with van der Waals surface area (Å²) in [5.41, 5.74) is 4.73. The topological polar surface area (TPSA) is 34.1 Å². The van der Waals surface area contributed by atoms with Crippen molar-refractivity contribution >= 4 is 12.6 Å². The molecule has 0 heterocycles. The van der Waals surface area contributed by atoms with Crippen molar-refractivity contribution in [3.63, 3.8) is 0 Å². The van der Waals surface area contributed by atoms with Crippen LogP contribution in [0.1, 0.15) is 26.7 Å². The highest BCUT2D eigenvalue weighted by molar-refractivity contribution is 5.76. The Morgan fingerprint density at radius 3 is 1.78 bits per heavy atom. The molecule has 0 bridgehead atoms. The maximum absolute atomic E-state index is 10.1. The molecule has 18 heavy (non-hydrogen) atoms. The summed E-state index contributed by atoms with van der Waals surface area (Å²) in [6.07, 6.45) is 14.9. The van der Waals surface area contributed by atoms with Crippen LogP contribution in [0.15, 0.2) is 58.7 Å². The van der Waals surface area contributed by atoms with Crippen molar-refractivity contribution in [2.24, 2.45) is 0 Å². The highest BCUT2D eigenvalue weighted by Crippen LogP contribution is 2.18. The summed E-state index contributed by atoms with van der Waals surface area (Å²) in [6.45, 7) is 4.10. The summed E-state index contributed by atoms with van der Waals surface area (Å²) in [7, 11) is 0. The van der Waals surface area contributed by atoms with Crippen LogP contribution in [0.25, 0.3) is 0 Å². The molecular weight excluding hydrogens is 224 g/mol. The molecule has 0 atom stereocenters. The molecule has 2 rings (SSSR count). The number of allylic oxidation sites excluding steroid dienone is 10. The molecule has 2 aliphatic carbocycles. The first kappa shape index (κ1) is 14.1. The molecule has 0 aromatic carbocycles. The lowest BCUT2D eigenvalue weighted by molar-refractivity contribution is -0.105. The normalized spacial score (nSPS) is 17.4. The number of aldehydes is 2. The van der Waals surface area contributed by atoms with Crippen LogP contribution in [0.5, 0.6) is 0 Å². The molecule has 0 radical (unpaired) electrons. The fourth-order valence-corrected chi connectivity index (χ4v) is 1.74. The van der Waals surface area contributed by atoms with Crippen molar-refractivity contribution in [2.45, 2.75) is 26.7 Å². The third-order valence-electron chi connectivity index (χ3n) is 2.67. The van der Waals surface area contributed by atoms with E-state index in [2.05, 4.69) is 13.0 Å². The maximum Gasteiger partial charge on any atom is 0.146 e. The average molecular weight is 242 g/mol. The smallest absolute Gasteiger partial charge is 0.146 e. The third kappa shape index (κ3) is 4.91. The summed E-state index contributed by atoms with van der Waals surface area (Å²) >= 11 is 0. The van der Waals surface area contributed by atoms with E-state index in [4.69, 9.17) is 0 Å². The zero-order valence-corrected chi connectivity index (χ0v) is 10.8. The molecule has 94 valence electrons. The van der Waals surface area contributed by atoms with E-state index in [-0.39, 0.29) is 0 Å². The van der Waals surface area contributed by atoms with Crippen LogP contribution < -0.4 is 0 Å². The molecule has 0 amide bonds. The lowest BCUT2D eigenvalue weighted by atomic mass is 10.1. The van der Waals surface area contributed by atoms with E-state index in [1.54, 1.807) is 0 Å². The van der Waals surface area contributed by atoms with E-state index >= 15 is 0 Å². The fourth-order valence-electron chi connectivity index (χ4n) is 1.74. The molecular formula is C16H18O2. The van der Waals surface area contributed by atoms with Crippen LogP contribution in [0, 0.1) is 0 Å². The van der Waals surface area contributed by atoms with E-state index in [0.29, 0.717) is 0 Å². The summed E-state index contributed by atoms with van der Waals surface area (Å²) in [5.74, 6) is 0. The molecule has 0 saturated carbocycles. The predicted molar refractivity (Wildman–Crippen MR) is 74.2 cm³/mol. The van der Waals surface area contributed by atoms with Crippen molar-refractivity contribution in [3.05, 3.63) is 58.7 Å². The first-order valence-electron chi connectivity index (χ1n) is 5.95. The van der Waals surface area contributed by atoms with Gasteiger partial charge in [-0.05, 0) is 43.9 Å². The van der Waals surface area contributed by atoms with Gasteiger partial charge < -0.3 is 0 Å². The number of carbonyl (C=O) groups is 2. The van der Waals surface area contributed by atoms with Gasteiger partial charge in [-0.15, -0.1) is 0 Å². The molecule has 2 nitrogen and oxygen atoms in total. The van der Waals surface area contributed by atoms with Gasteiger partial charge in [0, 0.05) is 0 Å². The Morgan fingerprint density at radius 2 is 1.44 bits per heavy atom. The van der Waals surface area contributed by atoms with E-state index in [0.717, 1.165) is 31.0 Å². The molecule has 2 heteroatoms. The van der Waals surface area contributed by atoms with Crippen LogP contribution in [0.3, 0.4) is 0 Å². The van der Waals surface area contributed by atoms with Gasteiger partial charge in [-0.1, -0.05) is 41.5 Å². The van der Waals surface area contributed by atoms with Crippen molar-refractivity contribution in [2.75, 3.05) is 0 Å². The quantitative estimate of drug-likeness (QED) is 0.561. The van der Waals surface area contributed by atoms with Gasteiger partial charge in [0.25, 0.3) is 0 Å². The first-order valence-corrected chi connectivity index (χ1v) is 5.95. The zero-order chi connectivity index (χ0) is 13.4. The van der Waals surface area contributed by atoms with Gasteiger partial charge in [0.05, 0.1) is 0 Å². The molecule has 0 unspecified atom stereocenters. The summed E-state index contributed by atoms with van der Waals surface area (Å²) in [6, 6.07) is 0. The second kappa shape index (κ2) is 7.38. The number of rotatable bonds is 3. The molecule has 0 fully saturated rings. The Morgan fingerprint density at radius 1 is 0.889 bits per heavy atom. The standard InChI is InChI=1S/C9H10O.C7H8O/c1-8-4-5-9(7-8)3-2-6-10;1-6-2-3-7(4-6)5-8/h2-6H,7H2,1H3;2-3,5H,4H2,1H3/b3-2+;. The Hall–Kier alpha value is -1.96. The maximum atomic E-state index is 10.1. The second-order valence-electron chi connectivity index (χ2n) is 4.48. The lowest BCUT2D eigenvalue weighted by Gasteiger charge is -1.90. The van der Waals surface area contributed by atoms with Crippen LogP contribution in [0.4, 0.5) is 0 Å². The molecule has 2 aliphatic rings. The van der Waals surface area contributed by atoms with Crippen LogP contribution >= 0.6 is 0 Å². The minimum atomic E-state index is 0.800. The molecule has 0 aromatic rings. The summed E-state index contributed by atoms with van der Waals surface area (Å²) in [4.78, 5) is 20.0. The summed E-state index contributed by atoms with van der Waals surface area (Å²) < 4.78 is 0. The number of hydrogen-bond donors (Lipinski definition) is 0. The van der Waals surface area contributed by atoms with Crippen molar-refractivity contribution < 1.29 is 9.59 Å². The monoisotopic (exact) mass is 242 g/mol. The summed E-state index contributed by atoms with van der Waals surface area (Å²) in [5, 5.41) is 0. The number of hydrogen-bond acceptors (Lipinski definition) is 2. The van der Waals surface area contributed by atoms with E-state index in [1.807, 2.05) is 31.2 Å². The van der Waals surface area contributed by atoms with E-state index in [1.165, 1.54) is 22.8 Å². The Kier molecular flexibility index (Phi) is 5.78. The molecule has 0 spiro atoms. The predicted octanol–water partition coefficient (Wildman–Crippen LogP) is 3.48. The molecule has 0 aliphatic heterocycles. The average Bonchev–Trinajstić information content (AvgIpc) is 2.96. The SMILES string of the molecule is CC1=CC=C(/C=C/C=O)C1.CC1=CC=C(C=O)C1. The van der Waals surface area contributed by atoms with Crippen molar-refractivity contribution in [3.8, 4) is 0 Å². The van der Waals surface area contributed by atoms with E-state index in [9.17, 15) is 9.59 Å². The van der Waals surface area contributed by atoms with Crippen LogP contribution in [0.2, 0.25) is 0 Å². The highest BCUT2D eigenvalue weighted by atomic mass is 16.1. The van der Waals surface area contributed by atoms with Gasteiger partial charge in [0.2, 0.25) is 0 Å². The zero-order valence-electron chi connectivity index (χ0n) is 10.8. The largest absolute Gasteiger partial charge is 0.299 e. The second-order valence-corrected chi connectivity index (χ2v) is 4.48. The van der Waals surface area contributed by atoms with Gasteiger partial charge in [0.15, 0.2) is 0 Å². The molecule has 0 N–H and O–H groups in total. The lowest BCUT2D eigenvalue weighted by Crippen LogP contribution is -1.77. The minimum Gasteiger partial charge on any atom is -0.299 e. The van der Waals surface area contributed by atoms with Gasteiger partial charge >= 0.3 is 0 Å². The van der Waals surface area contributed by atoms with Gasteiger partial charge in [-0.3, -0.25) is 9.59 Å². The van der Waals surface area contributed by atoms with Gasteiger partial charge in [-0.25, -0.2) is 0 Å².